The van der Waals surface area contributed by atoms with Gasteiger partial charge in [-0.05, 0) is 37.0 Å². The number of nitrogens with zero attached hydrogens (tertiary/aromatic N) is 4. The van der Waals surface area contributed by atoms with Crippen LogP contribution < -0.4 is 16.0 Å². The van der Waals surface area contributed by atoms with Crippen LogP contribution in [0.4, 0.5) is 0 Å². The fourth-order valence-electron chi connectivity index (χ4n) is 3.57. The SMILES string of the molecule is CCc1nc(-c2c3n(c(=O)n(Cc4ccc(OC)cc4)c2=O)CCCC3)no1. The van der Waals surface area contributed by atoms with E-state index in [9.17, 15) is 9.59 Å². The van der Waals surface area contributed by atoms with Crippen molar-refractivity contribution in [3.8, 4) is 17.1 Å². The summed E-state index contributed by atoms with van der Waals surface area (Å²) in [6, 6.07) is 7.31. The van der Waals surface area contributed by atoms with Gasteiger partial charge in [0.15, 0.2) is 0 Å². The number of fused-ring (bicyclic) bond motifs is 1. The van der Waals surface area contributed by atoms with Gasteiger partial charge >= 0.3 is 5.69 Å². The summed E-state index contributed by atoms with van der Waals surface area (Å²) in [6.45, 7) is 2.67. The van der Waals surface area contributed by atoms with Crippen molar-refractivity contribution in [1.82, 2.24) is 19.3 Å². The lowest BCUT2D eigenvalue weighted by atomic mass is 10.0. The highest BCUT2D eigenvalue weighted by molar-refractivity contribution is 5.57. The van der Waals surface area contributed by atoms with Gasteiger partial charge in [0.1, 0.15) is 11.3 Å². The zero-order chi connectivity index (χ0) is 19.7. The molecule has 3 aromatic rings. The smallest absolute Gasteiger partial charge is 0.331 e. The Morgan fingerprint density at radius 2 is 1.96 bits per heavy atom. The zero-order valence-corrected chi connectivity index (χ0v) is 16.0. The third kappa shape index (κ3) is 3.15. The van der Waals surface area contributed by atoms with Crippen molar-refractivity contribution >= 4 is 0 Å². The second kappa shape index (κ2) is 7.46. The van der Waals surface area contributed by atoms with Crippen molar-refractivity contribution in [1.29, 1.82) is 0 Å². The Morgan fingerprint density at radius 3 is 2.64 bits per heavy atom. The van der Waals surface area contributed by atoms with Crippen LogP contribution in [0.5, 0.6) is 5.75 Å². The molecule has 2 aromatic heterocycles. The van der Waals surface area contributed by atoms with Crippen LogP contribution in [0.1, 0.15) is 36.9 Å². The van der Waals surface area contributed by atoms with Crippen LogP contribution in [0.2, 0.25) is 0 Å². The Morgan fingerprint density at radius 1 is 1.18 bits per heavy atom. The molecular weight excluding hydrogens is 360 g/mol. The third-order valence-corrected chi connectivity index (χ3v) is 5.07. The van der Waals surface area contributed by atoms with Crippen LogP contribution in [0.25, 0.3) is 11.4 Å². The predicted molar refractivity (Wildman–Crippen MR) is 103 cm³/mol. The highest BCUT2D eigenvalue weighted by atomic mass is 16.5. The molecular formula is C20H22N4O4. The molecule has 1 aliphatic heterocycles. The highest BCUT2D eigenvalue weighted by Gasteiger charge is 2.25. The fourth-order valence-corrected chi connectivity index (χ4v) is 3.57. The first-order valence-corrected chi connectivity index (χ1v) is 9.44. The van der Waals surface area contributed by atoms with Gasteiger partial charge in [0.05, 0.1) is 13.7 Å². The first-order valence-electron chi connectivity index (χ1n) is 9.44. The minimum Gasteiger partial charge on any atom is -0.497 e. The molecule has 0 fully saturated rings. The number of methoxy groups -OCH3 is 1. The maximum Gasteiger partial charge on any atom is 0.331 e. The van der Waals surface area contributed by atoms with Crippen molar-refractivity contribution in [2.45, 2.75) is 45.7 Å². The summed E-state index contributed by atoms with van der Waals surface area (Å²) in [6.07, 6.45) is 3.06. The lowest BCUT2D eigenvalue weighted by Crippen LogP contribution is -2.44. The maximum absolute atomic E-state index is 13.3. The first kappa shape index (κ1) is 18.2. The van der Waals surface area contributed by atoms with Gasteiger partial charge in [-0.3, -0.25) is 13.9 Å². The molecule has 1 aliphatic rings. The molecule has 146 valence electrons. The lowest BCUT2D eigenvalue weighted by molar-refractivity contribution is 0.382. The molecule has 0 unspecified atom stereocenters. The van der Waals surface area contributed by atoms with Gasteiger partial charge in [0.2, 0.25) is 11.7 Å². The summed E-state index contributed by atoms with van der Waals surface area (Å²) >= 11 is 0. The number of aromatic nitrogens is 4. The molecule has 0 radical (unpaired) electrons. The molecule has 0 atom stereocenters. The molecule has 8 nitrogen and oxygen atoms in total. The number of hydrogen-bond donors (Lipinski definition) is 0. The molecule has 0 aliphatic carbocycles. The van der Waals surface area contributed by atoms with E-state index >= 15 is 0 Å². The van der Waals surface area contributed by atoms with E-state index in [0.717, 1.165) is 24.2 Å². The Kier molecular flexibility index (Phi) is 4.85. The van der Waals surface area contributed by atoms with E-state index in [0.29, 0.717) is 36.5 Å². The van der Waals surface area contributed by atoms with Gasteiger partial charge in [-0.1, -0.05) is 24.2 Å². The molecule has 4 rings (SSSR count). The highest BCUT2D eigenvalue weighted by Crippen LogP contribution is 2.22. The van der Waals surface area contributed by atoms with E-state index in [1.807, 2.05) is 31.2 Å². The van der Waals surface area contributed by atoms with Crippen molar-refractivity contribution in [2.75, 3.05) is 7.11 Å². The Labute approximate surface area is 161 Å². The van der Waals surface area contributed by atoms with Crippen LogP contribution in [0, 0.1) is 0 Å². The largest absolute Gasteiger partial charge is 0.497 e. The second-order valence-electron chi connectivity index (χ2n) is 6.82. The molecule has 0 saturated carbocycles. The quantitative estimate of drug-likeness (QED) is 0.670. The van der Waals surface area contributed by atoms with E-state index in [1.165, 1.54) is 4.57 Å². The topological polar surface area (TPSA) is 92.2 Å². The summed E-state index contributed by atoms with van der Waals surface area (Å²) in [5, 5.41) is 4.00. The summed E-state index contributed by atoms with van der Waals surface area (Å²) in [4.78, 5) is 30.7. The van der Waals surface area contributed by atoms with E-state index < -0.39 is 0 Å². The van der Waals surface area contributed by atoms with Crippen molar-refractivity contribution < 1.29 is 9.26 Å². The van der Waals surface area contributed by atoms with Crippen LogP contribution in [0.15, 0.2) is 38.4 Å². The molecule has 3 heterocycles. The van der Waals surface area contributed by atoms with Gasteiger partial charge in [-0.15, -0.1) is 0 Å². The molecule has 1 aromatic carbocycles. The van der Waals surface area contributed by atoms with E-state index in [2.05, 4.69) is 10.1 Å². The standard InChI is InChI=1S/C20H22N4O4/c1-3-16-21-18(22-28-16)17-15-6-4-5-11-23(15)20(26)24(19(17)25)12-13-7-9-14(27-2)10-8-13/h7-10H,3-6,11-12H2,1-2H3. The Balaban J connectivity index is 1.87. The summed E-state index contributed by atoms with van der Waals surface area (Å²) < 4.78 is 13.3. The van der Waals surface area contributed by atoms with Gasteiger partial charge in [-0.2, -0.15) is 4.98 Å². The molecule has 0 N–H and O–H groups in total. The molecule has 8 heteroatoms. The van der Waals surface area contributed by atoms with Gasteiger partial charge in [0.25, 0.3) is 5.56 Å². The summed E-state index contributed by atoms with van der Waals surface area (Å²) in [5.74, 6) is 1.45. The van der Waals surface area contributed by atoms with Crippen LogP contribution in [-0.2, 0) is 25.9 Å². The van der Waals surface area contributed by atoms with E-state index in [1.54, 1.807) is 11.7 Å². The zero-order valence-electron chi connectivity index (χ0n) is 16.0. The predicted octanol–water partition coefficient (Wildman–Crippen LogP) is 2.02. The van der Waals surface area contributed by atoms with Crippen LogP contribution in [-0.4, -0.2) is 26.4 Å². The second-order valence-corrected chi connectivity index (χ2v) is 6.82. The summed E-state index contributed by atoms with van der Waals surface area (Å²) in [7, 11) is 1.59. The van der Waals surface area contributed by atoms with Crippen molar-refractivity contribution in [2.24, 2.45) is 0 Å². The number of ether oxygens (including phenoxy) is 1. The minimum absolute atomic E-state index is 0.174. The van der Waals surface area contributed by atoms with Gasteiger partial charge in [-0.25, -0.2) is 4.79 Å². The average Bonchev–Trinajstić information content (AvgIpc) is 3.20. The maximum atomic E-state index is 13.3. The van der Waals surface area contributed by atoms with Crippen molar-refractivity contribution in [3.63, 3.8) is 0 Å². The number of rotatable bonds is 5. The minimum atomic E-state index is -0.377. The lowest BCUT2D eigenvalue weighted by Gasteiger charge is -2.22. The normalized spacial score (nSPS) is 13.4. The van der Waals surface area contributed by atoms with Crippen molar-refractivity contribution in [3.05, 3.63) is 62.3 Å². The van der Waals surface area contributed by atoms with Crippen LogP contribution in [0.3, 0.4) is 0 Å². The number of aryl methyl sites for hydroxylation is 1. The molecule has 0 amide bonds. The number of hydrogen-bond acceptors (Lipinski definition) is 6. The molecule has 0 saturated heterocycles. The van der Waals surface area contributed by atoms with E-state index in [4.69, 9.17) is 9.26 Å². The monoisotopic (exact) mass is 382 g/mol. The van der Waals surface area contributed by atoms with Gasteiger partial charge in [0, 0.05) is 18.7 Å². The summed E-state index contributed by atoms with van der Waals surface area (Å²) in [5.41, 5.74) is 1.24. The Bertz CT molecular complexity index is 1110. The molecule has 0 spiro atoms. The van der Waals surface area contributed by atoms with E-state index in [-0.39, 0.29) is 23.6 Å². The average molecular weight is 382 g/mol. The van der Waals surface area contributed by atoms with Crippen LogP contribution >= 0.6 is 0 Å². The molecule has 0 bridgehead atoms. The third-order valence-electron chi connectivity index (χ3n) is 5.07. The van der Waals surface area contributed by atoms with Gasteiger partial charge < -0.3 is 9.26 Å². The molecule has 28 heavy (non-hydrogen) atoms. The fraction of sp³-hybridized carbons (Fsp3) is 0.400. The number of benzene rings is 1. The Hall–Kier alpha value is -3.16. The first-order chi connectivity index (χ1) is 13.6.